The molecule has 25 heavy (non-hydrogen) atoms. The lowest BCUT2D eigenvalue weighted by atomic mass is 10.1. The number of para-hydroxylation sites is 1. The van der Waals surface area contributed by atoms with Gasteiger partial charge in [0.25, 0.3) is 0 Å². The van der Waals surface area contributed by atoms with Crippen LogP contribution >= 0.6 is 0 Å². The number of anilines is 1. The quantitative estimate of drug-likeness (QED) is 0.889. The van der Waals surface area contributed by atoms with Crippen LogP contribution in [0.5, 0.6) is 0 Å². The zero-order valence-corrected chi connectivity index (χ0v) is 15.6. The molecule has 1 heterocycles. The van der Waals surface area contributed by atoms with E-state index in [1.54, 1.807) is 12.1 Å². The number of benzene rings is 2. The Balaban J connectivity index is 1.68. The van der Waals surface area contributed by atoms with Crippen LogP contribution in [0.1, 0.15) is 11.1 Å². The van der Waals surface area contributed by atoms with Crippen LogP contribution in [-0.4, -0.2) is 46.5 Å². The molecule has 0 atom stereocenters. The van der Waals surface area contributed by atoms with Crippen molar-refractivity contribution in [1.82, 2.24) is 9.62 Å². The largest absolute Gasteiger partial charge is 0.368 e. The van der Waals surface area contributed by atoms with Gasteiger partial charge in [-0.25, -0.2) is 13.1 Å². The van der Waals surface area contributed by atoms with E-state index >= 15 is 0 Å². The van der Waals surface area contributed by atoms with Gasteiger partial charge in [0.15, 0.2) is 0 Å². The molecular formula is C19H25N3O2S. The van der Waals surface area contributed by atoms with Crippen LogP contribution in [0, 0.1) is 6.92 Å². The number of nitrogens with one attached hydrogen (secondary N) is 1. The Labute approximate surface area is 150 Å². The van der Waals surface area contributed by atoms with E-state index in [-0.39, 0.29) is 0 Å². The first-order valence-corrected chi connectivity index (χ1v) is 10.0. The van der Waals surface area contributed by atoms with Gasteiger partial charge in [0.2, 0.25) is 10.0 Å². The van der Waals surface area contributed by atoms with Crippen molar-refractivity contribution in [2.24, 2.45) is 0 Å². The Bertz CT molecular complexity index is 811. The van der Waals surface area contributed by atoms with E-state index in [9.17, 15) is 8.42 Å². The minimum Gasteiger partial charge on any atom is -0.368 e. The summed E-state index contributed by atoms with van der Waals surface area (Å²) in [5.41, 5.74) is 3.37. The summed E-state index contributed by atoms with van der Waals surface area (Å²) < 4.78 is 26.9. The molecule has 0 aromatic heterocycles. The highest BCUT2D eigenvalue weighted by Gasteiger charge is 2.23. The normalized spacial score (nSPS) is 16.2. The molecule has 2 aromatic rings. The second-order valence-corrected chi connectivity index (χ2v) is 8.28. The van der Waals surface area contributed by atoms with Crippen molar-refractivity contribution >= 4 is 15.7 Å². The van der Waals surface area contributed by atoms with E-state index in [1.165, 1.54) is 18.2 Å². The molecule has 0 radical (unpaired) electrons. The number of rotatable bonds is 5. The van der Waals surface area contributed by atoms with Crippen LogP contribution in [-0.2, 0) is 16.6 Å². The maximum atomic E-state index is 12.2. The monoisotopic (exact) mass is 359 g/mol. The molecule has 134 valence electrons. The van der Waals surface area contributed by atoms with Gasteiger partial charge in [-0.05, 0) is 31.7 Å². The summed E-state index contributed by atoms with van der Waals surface area (Å²) in [6.45, 7) is 6.51. The van der Waals surface area contributed by atoms with Crippen LogP contribution < -0.4 is 9.62 Å². The molecule has 0 bridgehead atoms. The molecule has 3 rings (SSSR count). The molecular weight excluding hydrogens is 334 g/mol. The number of aryl methyl sites for hydroxylation is 1. The molecule has 0 saturated carbocycles. The third-order valence-corrected chi connectivity index (χ3v) is 6.12. The van der Waals surface area contributed by atoms with Gasteiger partial charge in [0.1, 0.15) is 4.90 Å². The lowest BCUT2D eigenvalue weighted by Gasteiger charge is -2.36. The van der Waals surface area contributed by atoms with Gasteiger partial charge in [-0.3, -0.25) is 4.90 Å². The maximum absolute atomic E-state index is 12.2. The Morgan fingerprint density at radius 2 is 1.60 bits per heavy atom. The first-order chi connectivity index (χ1) is 12.0. The number of hydrogen-bond acceptors (Lipinski definition) is 4. The fourth-order valence-electron chi connectivity index (χ4n) is 3.15. The van der Waals surface area contributed by atoms with Gasteiger partial charge in [-0.2, -0.15) is 0 Å². The zero-order valence-electron chi connectivity index (χ0n) is 14.8. The Morgan fingerprint density at radius 3 is 2.24 bits per heavy atom. The summed E-state index contributed by atoms with van der Waals surface area (Å²) in [6.07, 6.45) is 0. The van der Waals surface area contributed by atoms with Crippen molar-refractivity contribution in [3.63, 3.8) is 0 Å². The smallest absolute Gasteiger partial charge is 0.242 e. The third kappa shape index (κ3) is 4.21. The summed E-state index contributed by atoms with van der Waals surface area (Å²) in [4.78, 5) is 4.93. The first kappa shape index (κ1) is 17.9. The third-order valence-electron chi connectivity index (χ3n) is 4.66. The lowest BCUT2D eigenvalue weighted by molar-refractivity contribution is 0.249. The molecule has 1 aliphatic rings. The van der Waals surface area contributed by atoms with Gasteiger partial charge in [-0.1, -0.05) is 42.0 Å². The number of nitrogens with zero attached hydrogens (tertiary/aromatic N) is 2. The number of piperazine rings is 1. The summed E-state index contributed by atoms with van der Waals surface area (Å²) in [7, 11) is -2.00. The highest BCUT2D eigenvalue weighted by molar-refractivity contribution is 7.89. The fourth-order valence-corrected chi connectivity index (χ4v) is 4.10. The topological polar surface area (TPSA) is 52.7 Å². The molecule has 0 unspecified atom stereocenters. The van der Waals surface area contributed by atoms with Crippen molar-refractivity contribution in [3.05, 3.63) is 59.7 Å². The Morgan fingerprint density at radius 1 is 0.960 bits per heavy atom. The molecule has 1 N–H and O–H groups in total. The van der Waals surface area contributed by atoms with Crippen LogP contribution in [0.2, 0.25) is 0 Å². The maximum Gasteiger partial charge on any atom is 0.242 e. The van der Waals surface area contributed by atoms with Crippen LogP contribution in [0.15, 0.2) is 53.4 Å². The fraction of sp³-hybridized carbons (Fsp3) is 0.368. The van der Waals surface area contributed by atoms with E-state index in [0.29, 0.717) is 4.90 Å². The van der Waals surface area contributed by atoms with Crippen LogP contribution in [0.4, 0.5) is 5.69 Å². The van der Waals surface area contributed by atoms with E-state index < -0.39 is 10.0 Å². The summed E-state index contributed by atoms with van der Waals surface area (Å²) >= 11 is 0. The van der Waals surface area contributed by atoms with Gasteiger partial charge in [0.05, 0.1) is 5.69 Å². The second-order valence-electron chi connectivity index (χ2n) is 6.42. The minimum atomic E-state index is -3.45. The lowest BCUT2D eigenvalue weighted by Crippen LogP contribution is -2.46. The highest BCUT2D eigenvalue weighted by Crippen LogP contribution is 2.26. The van der Waals surface area contributed by atoms with Crippen molar-refractivity contribution in [2.45, 2.75) is 18.4 Å². The average Bonchev–Trinajstić information content (AvgIpc) is 2.64. The van der Waals surface area contributed by atoms with Crippen molar-refractivity contribution in [1.29, 1.82) is 0 Å². The molecule has 6 heteroatoms. The van der Waals surface area contributed by atoms with E-state index in [1.807, 2.05) is 12.1 Å². The molecule has 1 saturated heterocycles. The molecule has 1 fully saturated rings. The summed E-state index contributed by atoms with van der Waals surface area (Å²) in [5.74, 6) is 0. The minimum absolute atomic E-state index is 0.351. The van der Waals surface area contributed by atoms with Crippen molar-refractivity contribution < 1.29 is 8.42 Å². The Hall–Kier alpha value is -1.89. The van der Waals surface area contributed by atoms with Gasteiger partial charge >= 0.3 is 0 Å². The molecule has 0 aliphatic carbocycles. The molecule has 2 aromatic carbocycles. The average molecular weight is 359 g/mol. The zero-order chi connectivity index (χ0) is 17.9. The van der Waals surface area contributed by atoms with Crippen molar-refractivity contribution in [2.75, 3.05) is 38.1 Å². The highest BCUT2D eigenvalue weighted by atomic mass is 32.2. The Kier molecular flexibility index (Phi) is 5.42. The summed E-state index contributed by atoms with van der Waals surface area (Å²) in [6, 6.07) is 15.9. The molecule has 0 amide bonds. The summed E-state index contributed by atoms with van der Waals surface area (Å²) in [5, 5.41) is 0. The van der Waals surface area contributed by atoms with E-state index in [4.69, 9.17) is 0 Å². The van der Waals surface area contributed by atoms with Gasteiger partial charge < -0.3 is 4.90 Å². The standard InChI is InChI=1S/C19H25N3O2S/c1-16-7-9-17(10-8-16)15-21-11-13-22(14-12-21)18-5-3-4-6-19(18)25(23,24)20-2/h3-10,20H,11-15H2,1-2H3. The first-order valence-electron chi connectivity index (χ1n) is 8.55. The van der Waals surface area contributed by atoms with Crippen molar-refractivity contribution in [3.8, 4) is 0 Å². The predicted molar refractivity (Wildman–Crippen MR) is 101 cm³/mol. The van der Waals surface area contributed by atoms with E-state index in [0.717, 1.165) is 38.4 Å². The number of hydrogen-bond donors (Lipinski definition) is 1. The number of sulfonamides is 1. The van der Waals surface area contributed by atoms with Gasteiger partial charge in [-0.15, -0.1) is 0 Å². The second kappa shape index (κ2) is 7.56. The molecule has 5 nitrogen and oxygen atoms in total. The molecule has 1 aliphatic heterocycles. The van der Waals surface area contributed by atoms with Gasteiger partial charge in [0, 0.05) is 32.7 Å². The van der Waals surface area contributed by atoms with Crippen LogP contribution in [0.3, 0.4) is 0 Å². The SMILES string of the molecule is CNS(=O)(=O)c1ccccc1N1CCN(Cc2ccc(C)cc2)CC1. The molecule has 0 spiro atoms. The van der Waals surface area contributed by atoms with E-state index in [2.05, 4.69) is 45.7 Å². The predicted octanol–water partition coefficient (Wildman–Crippen LogP) is 2.23. The van der Waals surface area contributed by atoms with Crippen LogP contribution in [0.25, 0.3) is 0 Å².